The van der Waals surface area contributed by atoms with Crippen LogP contribution >= 0.6 is 0 Å². The summed E-state index contributed by atoms with van der Waals surface area (Å²) in [7, 11) is 0. The van der Waals surface area contributed by atoms with E-state index in [1.165, 1.54) is 6.42 Å². The molecule has 0 saturated heterocycles. The Hall–Kier alpha value is -0.530. The molecule has 2 fully saturated rings. The Morgan fingerprint density at radius 1 is 1.50 bits per heavy atom. The number of rotatable bonds is 0. The number of hydrogen-bond donors (Lipinski definition) is 1. The zero-order valence-electron chi connectivity index (χ0n) is 8.04. The highest BCUT2D eigenvalue weighted by molar-refractivity contribution is 5.90. The maximum Gasteiger partial charge on any atom is 0.0607 e. The second kappa shape index (κ2) is 2.24. The molecule has 2 heteroatoms. The summed E-state index contributed by atoms with van der Waals surface area (Å²) < 4.78 is 0. The summed E-state index contributed by atoms with van der Waals surface area (Å²) in [5.74, 6) is 2.00. The Morgan fingerprint density at radius 2 is 2.17 bits per heavy atom. The number of oxime groups is 1. The molecule has 0 amide bonds. The third-order valence-electron chi connectivity index (χ3n) is 4.38. The summed E-state index contributed by atoms with van der Waals surface area (Å²) in [6, 6.07) is 0. The van der Waals surface area contributed by atoms with E-state index in [9.17, 15) is 0 Å². The molecule has 0 aromatic rings. The number of fused-ring (bicyclic) bond motifs is 2. The maximum atomic E-state index is 8.76. The van der Waals surface area contributed by atoms with Crippen molar-refractivity contribution in [2.24, 2.45) is 28.3 Å². The molecule has 2 aliphatic carbocycles. The zero-order chi connectivity index (χ0) is 8.93. The van der Waals surface area contributed by atoms with Crippen LogP contribution in [0.15, 0.2) is 5.16 Å². The predicted octanol–water partition coefficient (Wildman–Crippen LogP) is 2.52. The minimum atomic E-state index is 0.457. The fourth-order valence-electron chi connectivity index (χ4n) is 2.99. The number of nitrogens with zero attached hydrogens (tertiary/aromatic N) is 1. The van der Waals surface area contributed by atoms with Gasteiger partial charge in [0.15, 0.2) is 0 Å². The van der Waals surface area contributed by atoms with Gasteiger partial charge in [0.05, 0.1) is 5.71 Å². The molecule has 0 unspecified atom stereocenters. The average Bonchev–Trinajstić information content (AvgIpc) is 2.52. The minimum Gasteiger partial charge on any atom is -0.411 e. The molecule has 0 radical (unpaired) electrons. The Bertz CT molecular complexity index is 228. The van der Waals surface area contributed by atoms with Crippen molar-refractivity contribution in [2.45, 2.75) is 33.6 Å². The smallest absolute Gasteiger partial charge is 0.0607 e. The van der Waals surface area contributed by atoms with Gasteiger partial charge in [0.1, 0.15) is 0 Å². The molecule has 2 aliphatic rings. The quantitative estimate of drug-likeness (QED) is 0.436. The Morgan fingerprint density at radius 3 is 2.58 bits per heavy atom. The van der Waals surface area contributed by atoms with E-state index in [0.717, 1.165) is 18.1 Å². The Balaban J connectivity index is 2.29. The molecule has 0 aromatic carbocycles. The lowest BCUT2D eigenvalue weighted by Crippen LogP contribution is -2.33. The van der Waals surface area contributed by atoms with E-state index in [1.807, 2.05) is 0 Å². The molecule has 2 saturated carbocycles. The minimum absolute atomic E-state index is 0.457. The molecular formula is C10H17NO. The SMILES string of the molecule is C[C@@H]1[C@@H]2C[C@H](C/C2=N/O)C1(C)C. The fraction of sp³-hybridized carbons (Fsp3) is 0.900. The van der Waals surface area contributed by atoms with Crippen LogP contribution in [0.1, 0.15) is 33.6 Å². The predicted molar refractivity (Wildman–Crippen MR) is 48.4 cm³/mol. The third kappa shape index (κ3) is 0.782. The topological polar surface area (TPSA) is 32.6 Å². The lowest BCUT2D eigenvalue weighted by molar-refractivity contribution is 0.178. The standard InChI is InChI=1S/C10H17NO/c1-6-8-4-7(10(6,2)3)5-9(8)11-12/h6-8,12H,4-5H2,1-3H3/b11-9-/t6-,7-,8+/m1/s1. The molecule has 0 heterocycles. The molecule has 0 aromatic heterocycles. The summed E-state index contributed by atoms with van der Waals surface area (Å²) in [6.07, 6.45) is 2.27. The van der Waals surface area contributed by atoms with Crippen LogP contribution in [0.4, 0.5) is 0 Å². The van der Waals surface area contributed by atoms with Crippen LogP contribution in [0.5, 0.6) is 0 Å². The van der Waals surface area contributed by atoms with Gasteiger partial charge in [-0.3, -0.25) is 0 Å². The van der Waals surface area contributed by atoms with E-state index < -0.39 is 0 Å². The first-order valence-electron chi connectivity index (χ1n) is 4.78. The lowest BCUT2D eigenvalue weighted by atomic mass is 9.69. The normalized spacial score (nSPS) is 47.2. The van der Waals surface area contributed by atoms with E-state index in [2.05, 4.69) is 25.9 Å². The van der Waals surface area contributed by atoms with Crippen molar-refractivity contribution in [3.8, 4) is 0 Å². The third-order valence-corrected chi connectivity index (χ3v) is 4.38. The molecule has 12 heavy (non-hydrogen) atoms. The molecule has 0 aliphatic heterocycles. The van der Waals surface area contributed by atoms with Crippen molar-refractivity contribution in [1.82, 2.24) is 0 Å². The first kappa shape index (κ1) is 8.09. The van der Waals surface area contributed by atoms with Gasteiger partial charge in [-0.15, -0.1) is 0 Å². The summed E-state index contributed by atoms with van der Waals surface area (Å²) in [5.41, 5.74) is 1.51. The maximum absolute atomic E-state index is 8.76. The van der Waals surface area contributed by atoms with Crippen LogP contribution in [0, 0.1) is 23.2 Å². The van der Waals surface area contributed by atoms with E-state index >= 15 is 0 Å². The van der Waals surface area contributed by atoms with Gasteiger partial charge in [0.25, 0.3) is 0 Å². The van der Waals surface area contributed by atoms with Crippen LogP contribution in [-0.4, -0.2) is 10.9 Å². The molecular weight excluding hydrogens is 150 g/mol. The highest BCUT2D eigenvalue weighted by Gasteiger charge is 2.53. The van der Waals surface area contributed by atoms with Crippen molar-refractivity contribution in [3.05, 3.63) is 0 Å². The van der Waals surface area contributed by atoms with Crippen molar-refractivity contribution < 1.29 is 5.21 Å². The molecule has 1 N–H and O–H groups in total. The molecule has 2 nitrogen and oxygen atoms in total. The van der Waals surface area contributed by atoms with Crippen LogP contribution in [0.3, 0.4) is 0 Å². The van der Waals surface area contributed by atoms with Gasteiger partial charge >= 0.3 is 0 Å². The average molecular weight is 167 g/mol. The molecule has 2 rings (SSSR count). The van der Waals surface area contributed by atoms with Gasteiger partial charge in [0.2, 0.25) is 0 Å². The van der Waals surface area contributed by atoms with Crippen LogP contribution in [-0.2, 0) is 0 Å². The van der Waals surface area contributed by atoms with Crippen molar-refractivity contribution in [2.75, 3.05) is 0 Å². The van der Waals surface area contributed by atoms with Gasteiger partial charge in [-0.05, 0) is 30.1 Å². The molecule has 2 bridgehead atoms. The van der Waals surface area contributed by atoms with Crippen LogP contribution in [0.2, 0.25) is 0 Å². The van der Waals surface area contributed by atoms with Gasteiger partial charge in [-0.25, -0.2) is 0 Å². The molecule has 0 spiro atoms. The Labute approximate surface area is 73.7 Å². The zero-order valence-corrected chi connectivity index (χ0v) is 8.04. The van der Waals surface area contributed by atoms with Crippen molar-refractivity contribution >= 4 is 5.71 Å². The highest BCUT2D eigenvalue weighted by atomic mass is 16.4. The first-order valence-corrected chi connectivity index (χ1v) is 4.78. The van der Waals surface area contributed by atoms with Crippen LogP contribution < -0.4 is 0 Å². The lowest BCUT2D eigenvalue weighted by Gasteiger charge is -2.36. The second-order valence-electron chi connectivity index (χ2n) is 4.94. The van der Waals surface area contributed by atoms with Gasteiger partial charge in [-0.2, -0.15) is 0 Å². The molecule has 3 atom stereocenters. The van der Waals surface area contributed by atoms with Crippen molar-refractivity contribution in [1.29, 1.82) is 0 Å². The number of hydrogen-bond acceptors (Lipinski definition) is 2. The van der Waals surface area contributed by atoms with E-state index in [4.69, 9.17) is 5.21 Å². The second-order valence-corrected chi connectivity index (χ2v) is 4.94. The van der Waals surface area contributed by atoms with Gasteiger partial charge in [-0.1, -0.05) is 25.9 Å². The summed E-state index contributed by atoms with van der Waals surface area (Å²) in [5, 5.41) is 12.2. The van der Waals surface area contributed by atoms with Gasteiger partial charge in [0, 0.05) is 5.92 Å². The summed E-state index contributed by atoms with van der Waals surface area (Å²) in [6.45, 7) is 6.97. The highest BCUT2D eigenvalue weighted by Crippen LogP contribution is 2.57. The fourth-order valence-corrected chi connectivity index (χ4v) is 2.99. The van der Waals surface area contributed by atoms with E-state index in [0.29, 0.717) is 17.3 Å². The largest absolute Gasteiger partial charge is 0.411 e. The van der Waals surface area contributed by atoms with Crippen LogP contribution in [0.25, 0.3) is 0 Å². The first-order chi connectivity index (χ1) is 5.57. The van der Waals surface area contributed by atoms with Gasteiger partial charge < -0.3 is 5.21 Å². The van der Waals surface area contributed by atoms with E-state index in [1.54, 1.807) is 0 Å². The van der Waals surface area contributed by atoms with Crippen molar-refractivity contribution in [3.63, 3.8) is 0 Å². The summed E-state index contributed by atoms with van der Waals surface area (Å²) in [4.78, 5) is 0. The summed E-state index contributed by atoms with van der Waals surface area (Å²) >= 11 is 0. The molecule has 68 valence electrons. The van der Waals surface area contributed by atoms with E-state index in [-0.39, 0.29) is 0 Å². The monoisotopic (exact) mass is 167 g/mol. The Kier molecular flexibility index (Phi) is 1.51.